The van der Waals surface area contributed by atoms with Crippen LogP contribution in [-0.2, 0) is 14.3 Å². The summed E-state index contributed by atoms with van der Waals surface area (Å²) in [5.41, 5.74) is -1.14. The zero-order valence-electron chi connectivity index (χ0n) is 21.0. The van der Waals surface area contributed by atoms with Crippen LogP contribution in [0.4, 0.5) is 16.2 Å². The SMILES string of the molecule is [2H]C([2H])([2H])N(c1cc2c(cc1Cl)N(C(=O)OC(C)(C)C)CC(C(=O)OCC)O2)C([2H])([2H])[2H]. The lowest BCUT2D eigenvalue weighted by Crippen LogP contribution is -2.49. The molecule has 1 heterocycles. The van der Waals surface area contributed by atoms with Crippen molar-refractivity contribution in [2.24, 2.45) is 0 Å². The first kappa shape index (κ1) is 13.1. The molecule has 0 spiro atoms. The summed E-state index contributed by atoms with van der Waals surface area (Å²) < 4.78 is 61.8. The smallest absolute Gasteiger partial charge is 0.415 e. The molecule has 0 saturated carbocycles. The molecule has 0 radical (unpaired) electrons. The van der Waals surface area contributed by atoms with Gasteiger partial charge in [-0.15, -0.1) is 0 Å². The highest BCUT2D eigenvalue weighted by Gasteiger charge is 2.37. The van der Waals surface area contributed by atoms with Crippen LogP contribution in [0.1, 0.15) is 35.9 Å². The minimum absolute atomic E-state index is 0.0652. The summed E-state index contributed by atoms with van der Waals surface area (Å²) in [4.78, 5) is 26.4. The van der Waals surface area contributed by atoms with Crippen molar-refractivity contribution < 1.29 is 32.0 Å². The number of benzene rings is 1. The average molecular weight is 391 g/mol. The van der Waals surface area contributed by atoms with E-state index in [0.717, 1.165) is 11.0 Å². The molecule has 8 heteroatoms. The molecule has 1 atom stereocenters. The van der Waals surface area contributed by atoms with Crippen molar-refractivity contribution in [1.29, 1.82) is 0 Å². The van der Waals surface area contributed by atoms with Gasteiger partial charge in [-0.05, 0) is 33.8 Å². The van der Waals surface area contributed by atoms with Crippen molar-refractivity contribution >= 4 is 35.0 Å². The largest absolute Gasteiger partial charge is 0.475 e. The fourth-order valence-corrected chi connectivity index (χ4v) is 2.55. The van der Waals surface area contributed by atoms with E-state index >= 15 is 0 Å². The van der Waals surface area contributed by atoms with E-state index in [1.54, 1.807) is 27.7 Å². The highest BCUT2D eigenvalue weighted by molar-refractivity contribution is 6.33. The molecule has 2 rings (SSSR count). The minimum Gasteiger partial charge on any atom is -0.475 e. The molecule has 7 nitrogen and oxygen atoms in total. The summed E-state index contributed by atoms with van der Waals surface area (Å²) in [7, 11) is 0. The highest BCUT2D eigenvalue weighted by atomic mass is 35.5. The number of fused-ring (bicyclic) bond motifs is 1. The van der Waals surface area contributed by atoms with Crippen LogP contribution in [0.15, 0.2) is 12.1 Å². The second-order valence-electron chi connectivity index (χ2n) is 6.56. The van der Waals surface area contributed by atoms with Gasteiger partial charge in [0.05, 0.1) is 29.5 Å². The van der Waals surface area contributed by atoms with Crippen molar-refractivity contribution in [2.75, 3.05) is 36.9 Å². The molecule has 0 fully saturated rings. The molecular formula is C18H25ClN2O5. The third kappa shape index (κ3) is 4.52. The molecule has 26 heavy (non-hydrogen) atoms. The Morgan fingerprint density at radius 3 is 2.69 bits per heavy atom. The predicted octanol–water partition coefficient (Wildman–Crippen LogP) is 3.47. The lowest BCUT2D eigenvalue weighted by atomic mass is 10.1. The van der Waals surface area contributed by atoms with Crippen molar-refractivity contribution in [1.82, 2.24) is 0 Å². The molecule has 0 saturated heterocycles. The summed E-state index contributed by atoms with van der Waals surface area (Å²) in [6.07, 6.45) is -2.05. The maximum atomic E-state index is 12.8. The molecule has 1 unspecified atom stereocenters. The lowest BCUT2D eigenvalue weighted by Gasteiger charge is -2.35. The van der Waals surface area contributed by atoms with Crippen LogP contribution >= 0.6 is 11.6 Å². The Morgan fingerprint density at radius 1 is 1.42 bits per heavy atom. The van der Waals surface area contributed by atoms with E-state index in [2.05, 4.69) is 0 Å². The van der Waals surface area contributed by atoms with Crippen molar-refractivity contribution in [3.05, 3.63) is 17.2 Å². The Kier molecular flexibility index (Phi) is 3.83. The second-order valence-corrected chi connectivity index (χ2v) is 6.96. The summed E-state index contributed by atoms with van der Waals surface area (Å²) >= 11 is 6.25. The van der Waals surface area contributed by atoms with Crippen LogP contribution in [0.2, 0.25) is 5.02 Å². The van der Waals surface area contributed by atoms with Gasteiger partial charge in [-0.3, -0.25) is 4.90 Å². The van der Waals surface area contributed by atoms with Crippen molar-refractivity contribution in [3.63, 3.8) is 0 Å². The van der Waals surface area contributed by atoms with Gasteiger partial charge in [-0.1, -0.05) is 11.6 Å². The number of halogens is 1. The van der Waals surface area contributed by atoms with E-state index < -0.39 is 37.7 Å². The van der Waals surface area contributed by atoms with E-state index in [1.165, 1.54) is 6.07 Å². The van der Waals surface area contributed by atoms with E-state index in [4.69, 9.17) is 34.0 Å². The Hall–Kier alpha value is -2.15. The molecule has 1 aromatic carbocycles. The van der Waals surface area contributed by atoms with E-state index in [-0.39, 0.29) is 40.2 Å². The topological polar surface area (TPSA) is 68.3 Å². The van der Waals surface area contributed by atoms with Gasteiger partial charge >= 0.3 is 12.1 Å². The van der Waals surface area contributed by atoms with Crippen LogP contribution in [0.5, 0.6) is 5.75 Å². The van der Waals surface area contributed by atoms with Crippen molar-refractivity contribution in [2.45, 2.75) is 39.4 Å². The van der Waals surface area contributed by atoms with Crippen LogP contribution in [-0.4, -0.2) is 50.9 Å². The van der Waals surface area contributed by atoms with Crippen LogP contribution in [0, 0.1) is 0 Å². The number of carbonyl (C=O) groups is 2. The Labute approximate surface area is 167 Å². The molecule has 1 aliphatic rings. The van der Waals surface area contributed by atoms with Crippen LogP contribution in [0.3, 0.4) is 0 Å². The number of carbonyl (C=O) groups excluding carboxylic acids is 2. The summed E-state index contributed by atoms with van der Waals surface area (Å²) in [6, 6.07) is 2.27. The molecule has 0 aliphatic carbocycles. The van der Waals surface area contributed by atoms with E-state index in [9.17, 15) is 9.59 Å². The maximum absolute atomic E-state index is 12.8. The molecular weight excluding hydrogens is 360 g/mol. The van der Waals surface area contributed by atoms with Gasteiger partial charge in [0.25, 0.3) is 0 Å². The average Bonchev–Trinajstić information content (AvgIpc) is 2.57. The quantitative estimate of drug-likeness (QED) is 0.736. The molecule has 0 aromatic heterocycles. The number of amides is 1. The Balaban J connectivity index is 2.63. The van der Waals surface area contributed by atoms with Crippen molar-refractivity contribution in [3.8, 4) is 5.75 Å². The molecule has 0 bridgehead atoms. The van der Waals surface area contributed by atoms with Crippen LogP contribution < -0.4 is 14.5 Å². The second kappa shape index (κ2) is 7.61. The van der Waals surface area contributed by atoms with E-state index in [0.29, 0.717) is 0 Å². The molecule has 1 aromatic rings. The lowest BCUT2D eigenvalue weighted by molar-refractivity contribution is -0.151. The standard InChI is InChI=1S/C18H25ClN2O5/c1-7-24-16(22)15-10-21(17(23)26-18(2,3)4)13-8-11(19)12(20(5)6)9-14(13)25-15/h8-9,15H,7,10H2,1-6H3/i5D3,6D3. The molecule has 1 aliphatic heterocycles. The number of anilines is 2. The van der Waals surface area contributed by atoms with Gasteiger partial charge in [0.1, 0.15) is 11.4 Å². The highest BCUT2D eigenvalue weighted by Crippen LogP contribution is 2.41. The van der Waals surface area contributed by atoms with Gasteiger partial charge in [0, 0.05) is 28.2 Å². The third-order valence-electron chi connectivity index (χ3n) is 3.34. The minimum atomic E-state index is -3.07. The zero-order chi connectivity index (χ0) is 24.6. The van der Waals surface area contributed by atoms with Crippen LogP contribution in [0.25, 0.3) is 0 Å². The number of hydrogen-bond acceptors (Lipinski definition) is 6. The monoisotopic (exact) mass is 390 g/mol. The van der Waals surface area contributed by atoms with Gasteiger partial charge in [-0.25, -0.2) is 9.59 Å². The number of hydrogen-bond donors (Lipinski definition) is 0. The first-order valence-corrected chi connectivity index (χ1v) is 8.31. The first-order chi connectivity index (χ1) is 14.5. The van der Waals surface area contributed by atoms with Gasteiger partial charge < -0.3 is 19.1 Å². The normalized spacial score (nSPS) is 20.8. The summed E-state index contributed by atoms with van der Waals surface area (Å²) in [6.45, 7) is 0.268. The number of ether oxygens (including phenoxy) is 3. The Morgan fingerprint density at radius 2 is 2.12 bits per heavy atom. The Bertz CT molecular complexity index is 870. The third-order valence-corrected chi connectivity index (χ3v) is 3.64. The van der Waals surface area contributed by atoms with Gasteiger partial charge in [0.2, 0.25) is 6.10 Å². The molecule has 0 N–H and O–H groups in total. The fourth-order valence-electron chi connectivity index (χ4n) is 2.31. The summed E-state index contributed by atoms with van der Waals surface area (Å²) in [5, 5.41) is -0.247. The number of nitrogens with zero attached hydrogens (tertiary/aromatic N) is 2. The molecule has 1 amide bonds. The van der Waals surface area contributed by atoms with Gasteiger partial charge in [-0.2, -0.15) is 0 Å². The zero-order valence-corrected chi connectivity index (χ0v) is 15.7. The summed E-state index contributed by atoms with van der Waals surface area (Å²) in [5.74, 6) is -0.884. The van der Waals surface area contributed by atoms with E-state index in [1.807, 2.05) is 0 Å². The predicted molar refractivity (Wildman–Crippen MR) is 100 cm³/mol. The number of esters is 1. The van der Waals surface area contributed by atoms with Gasteiger partial charge in [0.15, 0.2) is 0 Å². The first-order valence-electron chi connectivity index (χ1n) is 10.9. The fraction of sp³-hybridized carbons (Fsp3) is 0.556. The molecule has 144 valence electrons. The maximum Gasteiger partial charge on any atom is 0.415 e. The number of rotatable bonds is 3.